The van der Waals surface area contributed by atoms with Crippen molar-refractivity contribution in [3.05, 3.63) is 22.8 Å². The van der Waals surface area contributed by atoms with Gasteiger partial charge in [0.1, 0.15) is 11.5 Å². The second kappa shape index (κ2) is 5.21. The summed E-state index contributed by atoms with van der Waals surface area (Å²) in [7, 11) is 5.57. The van der Waals surface area contributed by atoms with E-state index in [1.165, 1.54) is 0 Å². The number of benzene rings is 1. The Kier molecular flexibility index (Phi) is 3.80. The highest BCUT2D eigenvalue weighted by Gasteiger charge is 2.32. The van der Waals surface area contributed by atoms with E-state index in [1.807, 2.05) is 27.1 Å². The van der Waals surface area contributed by atoms with E-state index in [9.17, 15) is 9.90 Å². The van der Waals surface area contributed by atoms with E-state index in [0.717, 1.165) is 12.0 Å². The number of hydrogen-bond donors (Lipinski definition) is 1. The number of ketones is 1. The van der Waals surface area contributed by atoms with Gasteiger partial charge in [0.25, 0.3) is 0 Å². The zero-order chi connectivity index (χ0) is 14.2. The maximum absolute atomic E-state index is 12.1. The lowest BCUT2D eigenvalue weighted by Crippen LogP contribution is -2.27. The second-order valence-electron chi connectivity index (χ2n) is 5.17. The van der Waals surface area contributed by atoms with Crippen molar-refractivity contribution >= 4 is 5.78 Å². The SMILES string of the molecule is CCc1c(OC)cc2c(c1O)C(=O)CC[C@H]2N(C)C. The minimum Gasteiger partial charge on any atom is -0.507 e. The highest BCUT2D eigenvalue weighted by atomic mass is 16.5. The molecule has 1 N–H and O–H groups in total. The molecule has 0 aromatic heterocycles. The van der Waals surface area contributed by atoms with Crippen molar-refractivity contribution in [3.63, 3.8) is 0 Å². The molecule has 104 valence electrons. The Morgan fingerprint density at radius 2 is 2.16 bits per heavy atom. The van der Waals surface area contributed by atoms with Crippen LogP contribution in [-0.4, -0.2) is 37.0 Å². The Balaban J connectivity index is 2.69. The van der Waals surface area contributed by atoms with Crippen molar-refractivity contribution in [1.82, 2.24) is 4.90 Å². The first kappa shape index (κ1) is 13.9. The molecule has 1 aromatic carbocycles. The number of ether oxygens (including phenoxy) is 1. The first-order valence-corrected chi connectivity index (χ1v) is 6.63. The van der Waals surface area contributed by atoms with Crippen LogP contribution in [0.4, 0.5) is 0 Å². The van der Waals surface area contributed by atoms with Gasteiger partial charge in [0.15, 0.2) is 5.78 Å². The van der Waals surface area contributed by atoms with E-state index >= 15 is 0 Å². The first-order valence-electron chi connectivity index (χ1n) is 6.63. The molecule has 0 saturated heterocycles. The molecular formula is C15H21NO3. The number of Topliss-reactive ketones (excluding diaryl/α,β-unsaturated/α-hetero) is 1. The minimum absolute atomic E-state index is 0.0305. The van der Waals surface area contributed by atoms with E-state index in [1.54, 1.807) is 7.11 Å². The molecule has 0 unspecified atom stereocenters. The molecule has 19 heavy (non-hydrogen) atoms. The van der Waals surface area contributed by atoms with Crippen LogP contribution in [0.15, 0.2) is 6.07 Å². The van der Waals surface area contributed by atoms with E-state index in [4.69, 9.17) is 4.74 Å². The van der Waals surface area contributed by atoms with Gasteiger partial charge in [-0.1, -0.05) is 6.92 Å². The highest BCUT2D eigenvalue weighted by molar-refractivity contribution is 6.02. The minimum atomic E-state index is 0.0305. The summed E-state index contributed by atoms with van der Waals surface area (Å²) in [6, 6.07) is 2.06. The number of rotatable bonds is 3. The number of carbonyl (C=O) groups excluding carboxylic acids is 1. The number of aromatic hydroxyl groups is 1. The molecule has 0 amide bonds. The van der Waals surface area contributed by atoms with Crippen molar-refractivity contribution in [2.45, 2.75) is 32.2 Å². The van der Waals surface area contributed by atoms with Gasteiger partial charge in [0, 0.05) is 18.0 Å². The van der Waals surface area contributed by atoms with Gasteiger partial charge in [0.2, 0.25) is 0 Å². The van der Waals surface area contributed by atoms with Crippen LogP contribution in [0.5, 0.6) is 11.5 Å². The van der Waals surface area contributed by atoms with Gasteiger partial charge in [-0.15, -0.1) is 0 Å². The summed E-state index contributed by atoms with van der Waals surface area (Å²) in [5.74, 6) is 0.802. The quantitative estimate of drug-likeness (QED) is 0.910. The summed E-state index contributed by atoms with van der Waals surface area (Å²) in [4.78, 5) is 14.2. The Morgan fingerprint density at radius 3 is 2.68 bits per heavy atom. The van der Waals surface area contributed by atoms with Crippen LogP contribution < -0.4 is 4.74 Å². The second-order valence-corrected chi connectivity index (χ2v) is 5.17. The third kappa shape index (κ3) is 2.21. The van der Waals surface area contributed by atoms with Crippen molar-refractivity contribution < 1.29 is 14.6 Å². The number of carbonyl (C=O) groups is 1. The molecule has 0 aliphatic heterocycles. The van der Waals surface area contributed by atoms with Crippen LogP contribution in [0, 0.1) is 0 Å². The smallest absolute Gasteiger partial charge is 0.167 e. The lowest BCUT2D eigenvalue weighted by atomic mass is 9.83. The molecule has 4 nitrogen and oxygen atoms in total. The molecular weight excluding hydrogens is 242 g/mol. The van der Waals surface area contributed by atoms with Gasteiger partial charge in [-0.25, -0.2) is 0 Å². The monoisotopic (exact) mass is 263 g/mol. The van der Waals surface area contributed by atoms with E-state index in [2.05, 4.69) is 4.90 Å². The first-order chi connectivity index (χ1) is 9.01. The molecule has 1 aliphatic carbocycles. The maximum Gasteiger partial charge on any atom is 0.167 e. The molecule has 1 aliphatic rings. The molecule has 1 aromatic rings. The van der Waals surface area contributed by atoms with Crippen LogP contribution in [0.25, 0.3) is 0 Å². The van der Waals surface area contributed by atoms with Crippen LogP contribution in [0.3, 0.4) is 0 Å². The number of fused-ring (bicyclic) bond motifs is 1. The average molecular weight is 263 g/mol. The fourth-order valence-corrected chi connectivity index (χ4v) is 2.87. The van der Waals surface area contributed by atoms with Crippen molar-refractivity contribution in [1.29, 1.82) is 0 Å². The number of phenols is 1. The summed E-state index contributed by atoms with van der Waals surface area (Å²) in [6.07, 6.45) is 1.91. The Hall–Kier alpha value is -1.55. The van der Waals surface area contributed by atoms with E-state index < -0.39 is 0 Å². The Labute approximate surface area is 114 Å². The zero-order valence-corrected chi connectivity index (χ0v) is 12.0. The van der Waals surface area contributed by atoms with E-state index in [-0.39, 0.29) is 17.6 Å². The fraction of sp³-hybridized carbons (Fsp3) is 0.533. The number of nitrogens with zero attached hydrogens (tertiary/aromatic N) is 1. The van der Waals surface area contributed by atoms with Gasteiger partial charge in [-0.2, -0.15) is 0 Å². The summed E-state index contributed by atoms with van der Waals surface area (Å²) in [5.41, 5.74) is 2.09. The molecule has 1 atom stereocenters. The van der Waals surface area contributed by atoms with Crippen molar-refractivity contribution in [3.8, 4) is 11.5 Å². The molecule has 0 spiro atoms. The van der Waals surface area contributed by atoms with Gasteiger partial charge < -0.3 is 14.7 Å². The third-order valence-corrected chi connectivity index (χ3v) is 3.87. The number of hydrogen-bond acceptors (Lipinski definition) is 4. The normalized spacial score (nSPS) is 18.6. The summed E-state index contributed by atoms with van der Waals surface area (Å²) in [5, 5.41) is 10.4. The molecule has 0 radical (unpaired) electrons. The van der Waals surface area contributed by atoms with Crippen LogP contribution in [0.2, 0.25) is 0 Å². The molecule has 0 heterocycles. The largest absolute Gasteiger partial charge is 0.507 e. The third-order valence-electron chi connectivity index (χ3n) is 3.87. The van der Waals surface area contributed by atoms with Gasteiger partial charge >= 0.3 is 0 Å². The lowest BCUT2D eigenvalue weighted by molar-refractivity contribution is 0.0945. The average Bonchev–Trinajstić information content (AvgIpc) is 2.37. The molecule has 0 fully saturated rings. The van der Waals surface area contributed by atoms with Crippen LogP contribution in [0.1, 0.15) is 47.3 Å². The van der Waals surface area contributed by atoms with Crippen LogP contribution in [-0.2, 0) is 6.42 Å². The highest BCUT2D eigenvalue weighted by Crippen LogP contribution is 2.43. The predicted octanol–water partition coefficient (Wildman–Crippen LogP) is 2.54. The molecule has 4 heteroatoms. The fourth-order valence-electron chi connectivity index (χ4n) is 2.87. The van der Waals surface area contributed by atoms with Crippen LogP contribution >= 0.6 is 0 Å². The predicted molar refractivity (Wildman–Crippen MR) is 74.0 cm³/mol. The Bertz CT molecular complexity index is 509. The summed E-state index contributed by atoms with van der Waals surface area (Å²) in [6.45, 7) is 1.95. The van der Waals surface area contributed by atoms with Gasteiger partial charge in [-0.05, 0) is 38.6 Å². The van der Waals surface area contributed by atoms with E-state index in [0.29, 0.717) is 29.7 Å². The van der Waals surface area contributed by atoms with Crippen molar-refractivity contribution in [2.75, 3.05) is 21.2 Å². The number of methoxy groups -OCH3 is 1. The van der Waals surface area contributed by atoms with Gasteiger partial charge in [0.05, 0.1) is 12.7 Å². The zero-order valence-electron chi connectivity index (χ0n) is 12.0. The van der Waals surface area contributed by atoms with Gasteiger partial charge in [-0.3, -0.25) is 4.79 Å². The molecule has 0 bridgehead atoms. The van der Waals surface area contributed by atoms with Crippen molar-refractivity contribution in [2.24, 2.45) is 0 Å². The summed E-state index contributed by atoms with van der Waals surface area (Å²) >= 11 is 0. The lowest BCUT2D eigenvalue weighted by Gasteiger charge is -2.31. The standard InChI is InChI=1S/C15H21NO3/c1-5-9-13(19-4)8-10-11(16(2)3)6-7-12(17)14(10)15(9)18/h8,11,18H,5-7H2,1-4H3/t11-/m1/s1. The molecule has 2 rings (SSSR count). The maximum atomic E-state index is 12.1. The number of phenolic OH excluding ortho intramolecular Hbond substituents is 1. The Morgan fingerprint density at radius 1 is 1.47 bits per heavy atom. The topological polar surface area (TPSA) is 49.8 Å². The summed E-state index contributed by atoms with van der Waals surface area (Å²) < 4.78 is 5.36. The molecule has 0 saturated carbocycles.